The van der Waals surface area contributed by atoms with Gasteiger partial charge in [-0.2, -0.15) is 0 Å². The van der Waals surface area contributed by atoms with Gasteiger partial charge in [-0.15, -0.1) is 10.2 Å². The summed E-state index contributed by atoms with van der Waals surface area (Å²) in [5, 5.41) is 18.4. The van der Waals surface area contributed by atoms with Crippen LogP contribution in [-0.4, -0.2) is 46.3 Å². The smallest absolute Gasteiger partial charge is 0.326 e. The summed E-state index contributed by atoms with van der Waals surface area (Å²) in [6.07, 6.45) is 2.87. The second kappa shape index (κ2) is 4.76. The second-order valence-electron chi connectivity index (χ2n) is 4.71. The molecule has 0 aliphatic carbocycles. The SMILES string of the molecule is O=C(O)C1CCCN1c1nnc(N2CCCC2=O)s1. The first kappa shape index (κ1) is 12.3. The van der Waals surface area contributed by atoms with Gasteiger partial charge in [-0.05, 0) is 19.3 Å². The molecule has 2 fully saturated rings. The first-order valence-electron chi connectivity index (χ1n) is 6.30. The summed E-state index contributed by atoms with van der Waals surface area (Å²) in [7, 11) is 0. The van der Waals surface area contributed by atoms with Crippen molar-refractivity contribution in [3.63, 3.8) is 0 Å². The number of rotatable bonds is 3. The Morgan fingerprint density at radius 1 is 1.26 bits per heavy atom. The maximum Gasteiger partial charge on any atom is 0.326 e. The molecule has 1 aromatic heterocycles. The van der Waals surface area contributed by atoms with Crippen molar-refractivity contribution in [3.8, 4) is 0 Å². The first-order valence-corrected chi connectivity index (χ1v) is 7.12. The lowest BCUT2D eigenvalue weighted by atomic mass is 10.2. The molecule has 1 unspecified atom stereocenters. The molecule has 1 atom stereocenters. The van der Waals surface area contributed by atoms with Gasteiger partial charge >= 0.3 is 5.97 Å². The lowest BCUT2D eigenvalue weighted by molar-refractivity contribution is -0.138. The van der Waals surface area contributed by atoms with Crippen LogP contribution in [0.4, 0.5) is 10.3 Å². The highest BCUT2D eigenvalue weighted by Gasteiger charge is 2.34. The van der Waals surface area contributed by atoms with Crippen LogP contribution in [0.3, 0.4) is 0 Å². The van der Waals surface area contributed by atoms with Crippen LogP contribution >= 0.6 is 11.3 Å². The third-order valence-electron chi connectivity index (χ3n) is 3.49. The zero-order chi connectivity index (χ0) is 13.4. The number of aromatic nitrogens is 2. The van der Waals surface area contributed by atoms with Crippen LogP contribution in [0, 0.1) is 0 Å². The maximum atomic E-state index is 11.6. The summed E-state index contributed by atoms with van der Waals surface area (Å²) in [6, 6.07) is -0.518. The molecule has 3 heterocycles. The molecule has 0 saturated carbocycles. The number of amides is 1. The van der Waals surface area contributed by atoms with Gasteiger partial charge in [0.25, 0.3) is 0 Å². The molecule has 1 aromatic rings. The summed E-state index contributed by atoms with van der Waals surface area (Å²) in [5.74, 6) is -0.759. The van der Waals surface area contributed by atoms with Crippen molar-refractivity contribution in [1.29, 1.82) is 0 Å². The number of hydrogen-bond donors (Lipinski definition) is 1. The van der Waals surface area contributed by atoms with E-state index in [-0.39, 0.29) is 5.91 Å². The Morgan fingerprint density at radius 2 is 2.05 bits per heavy atom. The standard InChI is InChI=1S/C11H14N4O3S/c16-8-4-2-6-15(8)11-13-12-10(19-11)14-5-1-3-7(14)9(17)18/h7H,1-6H2,(H,17,18). The van der Waals surface area contributed by atoms with E-state index in [4.69, 9.17) is 5.11 Å². The van der Waals surface area contributed by atoms with Crippen LogP contribution in [0.25, 0.3) is 0 Å². The Hall–Kier alpha value is -1.70. The molecule has 0 aromatic carbocycles. The molecule has 2 saturated heterocycles. The van der Waals surface area contributed by atoms with Gasteiger partial charge in [-0.1, -0.05) is 11.3 Å². The second-order valence-corrected chi connectivity index (χ2v) is 5.64. The third-order valence-corrected chi connectivity index (χ3v) is 4.47. The summed E-state index contributed by atoms with van der Waals surface area (Å²) in [4.78, 5) is 26.2. The number of aliphatic carboxylic acids is 1. The molecule has 7 nitrogen and oxygen atoms in total. The molecular formula is C11H14N4O3S. The fourth-order valence-electron chi connectivity index (χ4n) is 2.54. The van der Waals surface area contributed by atoms with Crippen molar-refractivity contribution in [2.24, 2.45) is 0 Å². The van der Waals surface area contributed by atoms with E-state index in [1.807, 2.05) is 0 Å². The Balaban J connectivity index is 1.81. The van der Waals surface area contributed by atoms with Crippen LogP contribution in [0.5, 0.6) is 0 Å². The first-order chi connectivity index (χ1) is 9.16. The minimum absolute atomic E-state index is 0.0684. The van der Waals surface area contributed by atoms with Crippen LogP contribution in [0.1, 0.15) is 25.7 Å². The lowest BCUT2D eigenvalue weighted by Gasteiger charge is -2.19. The van der Waals surface area contributed by atoms with Gasteiger partial charge in [0.15, 0.2) is 0 Å². The molecule has 1 amide bonds. The molecular weight excluding hydrogens is 268 g/mol. The van der Waals surface area contributed by atoms with Gasteiger partial charge in [0.2, 0.25) is 16.2 Å². The molecule has 1 N–H and O–H groups in total. The van der Waals surface area contributed by atoms with E-state index in [1.54, 1.807) is 9.80 Å². The van der Waals surface area contributed by atoms with Crippen LogP contribution in [0.15, 0.2) is 0 Å². The minimum atomic E-state index is -0.827. The Morgan fingerprint density at radius 3 is 2.74 bits per heavy atom. The van der Waals surface area contributed by atoms with E-state index in [9.17, 15) is 9.59 Å². The number of carbonyl (C=O) groups excluding carboxylic acids is 1. The van der Waals surface area contributed by atoms with Crippen molar-refractivity contribution >= 4 is 33.5 Å². The van der Waals surface area contributed by atoms with Crippen LogP contribution in [-0.2, 0) is 9.59 Å². The van der Waals surface area contributed by atoms with E-state index >= 15 is 0 Å². The van der Waals surface area contributed by atoms with Gasteiger partial charge in [0.05, 0.1) is 0 Å². The normalized spacial score (nSPS) is 23.4. The highest BCUT2D eigenvalue weighted by Crippen LogP contribution is 2.33. The largest absolute Gasteiger partial charge is 0.480 e. The van der Waals surface area contributed by atoms with Gasteiger partial charge in [0, 0.05) is 19.5 Å². The number of nitrogens with zero attached hydrogens (tertiary/aromatic N) is 4. The number of carboxylic acid groups (broad SMARTS) is 1. The predicted octanol–water partition coefficient (Wildman–Crippen LogP) is 0.718. The van der Waals surface area contributed by atoms with Crippen molar-refractivity contribution < 1.29 is 14.7 Å². The predicted molar refractivity (Wildman–Crippen MR) is 69.5 cm³/mol. The molecule has 102 valence electrons. The summed E-state index contributed by atoms with van der Waals surface area (Å²) < 4.78 is 0. The van der Waals surface area contributed by atoms with E-state index in [0.717, 1.165) is 12.8 Å². The molecule has 0 spiro atoms. The Bertz CT molecular complexity index is 518. The van der Waals surface area contributed by atoms with Crippen molar-refractivity contribution in [3.05, 3.63) is 0 Å². The quantitative estimate of drug-likeness (QED) is 0.879. The molecule has 19 heavy (non-hydrogen) atoms. The zero-order valence-corrected chi connectivity index (χ0v) is 11.1. The van der Waals surface area contributed by atoms with Crippen LogP contribution < -0.4 is 9.80 Å². The van der Waals surface area contributed by atoms with E-state index in [1.165, 1.54) is 11.3 Å². The average Bonchev–Trinajstić information content (AvgIpc) is 3.06. The van der Waals surface area contributed by atoms with Crippen molar-refractivity contribution in [2.45, 2.75) is 31.7 Å². The van der Waals surface area contributed by atoms with E-state index in [2.05, 4.69) is 10.2 Å². The third kappa shape index (κ3) is 2.16. The van der Waals surface area contributed by atoms with Gasteiger partial charge in [0.1, 0.15) is 6.04 Å². The maximum absolute atomic E-state index is 11.6. The molecule has 0 radical (unpaired) electrons. The van der Waals surface area contributed by atoms with Crippen molar-refractivity contribution in [1.82, 2.24) is 10.2 Å². The van der Waals surface area contributed by atoms with Crippen molar-refractivity contribution in [2.75, 3.05) is 22.9 Å². The minimum Gasteiger partial charge on any atom is -0.480 e. The molecule has 3 rings (SSSR count). The zero-order valence-electron chi connectivity index (χ0n) is 10.3. The highest BCUT2D eigenvalue weighted by atomic mass is 32.1. The van der Waals surface area contributed by atoms with Gasteiger partial charge in [-0.3, -0.25) is 9.69 Å². The summed E-state index contributed by atoms with van der Waals surface area (Å²) in [5.41, 5.74) is 0. The Labute approximate surface area is 113 Å². The van der Waals surface area contributed by atoms with E-state index < -0.39 is 12.0 Å². The number of hydrogen-bond acceptors (Lipinski definition) is 6. The number of carboxylic acids is 1. The van der Waals surface area contributed by atoms with Crippen LogP contribution in [0.2, 0.25) is 0 Å². The lowest BCUT2D eigenvalue weighted by Crippen LogP contribution is -2.35. The molecule has 2 aliphatic heterocycles. The number of carbonyl (C=O) groups is 2. The van der Waals surface area contributed by atoms with Gasteiger partial charge in [-0.25, -0.2) is 4.79 Å². The molecule has 8 heteroatoms. The summed E-state index contributed by atoms with van der Waals surface area (Å²) >= 11 is 1.30. The molecule has 2 aliphatic rings. The monoisotopic (exact) mass is 282 g/mol. The highest BCUT2D eigenvalue weighted by molar-refractivity contribution is 7.19. The molecule has 0 bridgehead atoms. The summed E-state index contributed by atoms with van der Waals surface area (Å²) in [6.45, 7) is 1.36. The average molecular weight is 282 g/mol. The fraction of sp³-hybridized carbons (Fsp3) is 0.636. The fourth-order valence-corrected chi connectivity index (χ4v) is 3.50. The number of anilines is 2. The topological polar surface area (TPSA) is 86.6 Å². The van der Waals surface area contributed by atoms with Gasteiger partial charge < -0.3 is 10.0 Å². The van der Waals surface area contributed by atoms with E-state index in [0.29, 0.717) is 36.2 Å². The Kier molecular flexibility index (Phi) is 3.09.